The molecule has 0 aliphatic heterocycles. The van der Waals surface area contributed by atoms with Gasteiger partial charge in [-0.1, -0.05) is 0 Å². The maximum atomic E-state index is 12.9. The number of aromatic nitrogens is 1. The number of carboxylic acids is 1. The molecule has 1 aromatic carbocycles. The smallest absolute Gasteiger partial charge is 0.357 e. The summed E-state index contributed by atoms with van der Waals surface area (Å²) in [5, 5.41) is 11.1. The molecule has 0 atom stereocenters. The Hall–Kier alpha value is -2.44. The van der Waals surface area contributed by atoms with Crippen molar-refractivity contribution in [2.75, 3.05) is 5.32 Å². The quantitative estimate of drug-likeness (QED) is 0.861. The molecule has 0 fully saturated rings. The third-order valence-corrected chi connectivity index (χ3v) is 1.89. The summed E-state index contributed by atoms with van der Waals surface area (Å²) in [6, 6.07) is 2.98. The average molecular weight is 240 g/mol. The van der Waals surface area contributed by atoms with E-state index in [-0.39, 0.29) is 17.4 Å². The summed E-state index contributed by atoms with van der Waals surface area (Å²) in [6.07, 6.45) is 0.935. The summed E-state index contributed by atoms with van der Waals surface area (Å²) in [7, 11) is 0. The number of nitrogens with one attached hydrogen (secondary N) is 1. The first-order chi connectivity index (χ1) is 8.06. The van der Waals surface area contributed by atoms with Gasteiger partial charge in [0.25, 0.3) is 6.01 Å². The van der Waals surface area contributed by atoms with Crippen molar-refractivity contribution in [3.05, 3.63) is 41.8 Å². The first-order valence-electron chi connectivity index (χ1n) is 4.47. The fourth-order valence-electron chi connectivity index (χ4n) is 1.13. The SMILES string of the molecule is O=C(O)c1coc(Nc2ccc(F)c(F)c2)n1. The first kappa shape index (κ1) is 11.1. The van der Waals surface area contributed by atoms with E-state index in [0.717, 1.165) is 18.4 Å². The van der Waals surface area contributed by atoms with Crippen LogP contribution < -0.4 is 5.32 Å². The number of anilines is 2. The van der Waals surface area contributed by atoms with E-state index in [2.05, 4.69) is 10.3 Å². The van der Waals surface area contributed by atoms with E-state index in [0.29, 0.717) is 0 Å². The van der Waals surface area contributed by atoms with Crippen LogP contribution in [0.1, 0.15) is 10.5 Å². The molecule has 0 spiro atoms. The Morgan fingerprint density at radius 2 is 2.12 bits per heavy atom. The van der Waals surface area contributed by atoms with E-state index >= 15 is 0 Å². The summed E-state index contributed by atoms with van der Waals surface area (Å²) in [4.78, 5) is 14.1. The molecule has 0 amide bonds. The lowest BCUT2D eigenvalue weighted by atomic mass is 10.3. The molecular formula is C10H6F2N2O3. The van der Waals surface area contributed by atoms with Gasteiger partial charge in [-0.05, 0) is 12.1 Å². The minimum atomic E-state index is -1.24. The molecule has 0 saturated carbocycles. The molecule has 7 heteroatoms. The Morgan fingerprint density at radius 3 is 2.71 bits per heavy atom. The largest absolute Gasteiger partial charge is 0.476 e. The lowest BCUT2D eigenvalue weighted by Crippen LogP contribution is -1.97. The maximum absolute atomic E-state index is 12.9. The predicted molar refractivity (Wildman–Crippen MR) is 53.1 cm³/mol. The minimum Gasteiger partial charge on any atom is -0.476 e. The number of carbonyl (C=O) groups is 1. The number of halogens is 2. The maximum Gasteiger partial charge on any atom is 0.357 e. The predicted octanol–water partition coefficient (Wildman–Crippen LogP) is 2.39. The summed E-state index contributed by atoms with van der Waals surface area (Å²) in [5.41, 5.74) is -0.0854. The number of rotatable bonds is 3. The van der Waals surface area contributed by atoms with Crippen LogP contribution in [-0.4, -0.2) is 16.1 Å². The number of carboxylic acid groups (broad SMARTS) is 1. The van der Waals surface area contributed by atoms with Crippen LogP contribution in [0, 0.1) is 11.6 Å². The zero-order valence-corrected chi connectivity index (χ0v) is 8.28. The van der Waals surface area contributed by atoms with Crippen LogP contribution >= 0.6 is 0 Å². The van der Waals surface area contributed by atoms with Crippen LogP contribution in [0.3, 0.4) is 0 Å². The lowest BCUT2D eigenvalue weighted by Gasteiger charge is -2.01. The van der Waals surface area contributed by atoms with Crippen LogP contribution in [0.2, 0.25) is 0 Å². The fourth-order valence-corrected chi connectivity index (χ4v) is 1.13. The average Bonchev–Trinajstić information content (AvgIpc) is 2.72. The highest BCUT2D eigenvalue weighted by Gasteiger charge is 2.11. The van der Waals surface area contributed by atoms with Crippen molar-refractivity contribution in [1.82, 2.24) is 4.98 Å². The Morgan fingerprint density at radius 1 is 1.35 bits per heavy atom. The van der Waals surface area contributed by atoms with Gasteiger partial charge in [-0.3, -0.25) is 0 Å². The van der Waals surface area contributed by atoms with Crippen LogP contribution in [0.15, 0.2) is 28.9 Å². The van der Waals surface area contributed by atoms with Gasteiger partial charge < -0.3 is 14.8 Å². The topological polar surface area (TPSA) is 75.4 Å². The molecule has 2 rings (SSSR count). The second-order valence-electron chi connectivity index (χ2n) is 3.10. The minimum absolute atomic E-state index is 0.117. The zero-order chi connectivity index (χ0) is 12.4. The highest BCUT2D eigenvalue weighted by atomic mass is 19.2. The van der Waals surface area contributed by atoms with Crippen molar-refractivity contribution in [3.63, 3.8) is 0 Å². The Kier molecular flexibility index (Phi) is 2.73. The van der Waals surface area contributed by atoms with Crippen molar-refractivity contribution < 1.29 is 23.1 Å². The number of nitrogens with zero attached hydrogens (tertiary/aromatic N) is 1. The van der Waals surface area contributed by atoms with Gasteiger partial charge in [-0.15, -0.1) is 0 Å². The van der Waals surface area contributed by atoms with Crippen LogP contribution in [0.25, 0.3) is 0 Å². The lowest BCUT2D eigenvalue weighted by molar-refractivity contribution is 0.0690. The molecule has 2 aromatic rings. The summed E-state index contributed by atoms with van der Waals surface area (Å²) < 4.78 is 30.3. The van der Waals surface area contributed by atoms with Crippen molar-refractivity contribution in [3.8, 4) is 0 Å². The molecule has 1 aromatic heterocycles. The molecule has 0 saturated heterocycles. The molecule has 1 heterocycles. The van der Waals surface area contributed by atoms with E-state index in [1.165, 1.54) is 6.07 Å². The molecule has 2 N–H and O–H groups in total. The Bertz CT molecular complexity index is 568. The standard InChI is InChI=1S/C10H6F2N2O3/c11-6-2-1-5(3-7(6)12)13-10-14-8(4-17-10)9(15)16/h1-4H,(H,13,14)(H,15,16). The number of hydrogen-bond acceptors (Lipinski definition) is 4. The molecule has 0 aliphatic carbocycles. The van der Waals surface area contributed by atoms with Crippen molar-refractivity contribution in [1.29, 1.82) is 0 Å². The summed E-state index contributed by atoms with van der Waals surface area (Å²) in [5.74, 6) is -3.25. The van der Waals surface area contributed by atoms with E-state index in [9.17, 15) is 13.6 Å². The van der Waals surface area contributed by atoms with E-state index in [1.807, 2.05) is 0 Å². The second kappa shape index (κ2) is 4.20. The normalized spacial score (nSPS) is 10.2. The molecule has 0 bridgehead atoms. The number of aromatic carboxylic acids is 1. The van der Waals surface area contributed by atoms with Crippen LogP contribution in [0.5, 0.6) is 0 Å². The van der Waals surface area contributed by atoms with Gasteiger partial charge in [0.1, 0.15) is 6.26 Å². The molecule has 0 aliphatic rings. The Labute approximate surface area is 93.7 Å². The van der Waals surface area contributed by atoms with E-state index in [1.54, 1.807) is 0 Å². The van der Waals surface area contributed by atoms with E-state index in [4.69, 9.17) is 9.52 Å². The van der Waals surface area contributed by atoms with Crippen molar-refractivity contribution in [2.24, 2.45) is 0 Å². The number of benzene rings is 1. The molecule has 17 heavy (non-hydrogen) atoms. The van der Waals surface area contributed by atoms with Gasteiger partial charge in [0.05, 0.1) is 0 Å². The molecular weight excluding hydrogens is 234 g/mol. The third kappa shape index (κ3) is 2.39. The number of oxazole rings is 1. The molecule has 0 radical (unpaired) electrons. The number of hydrogen-bond donors (Lipinski definition) is 2. The van der Waals surface area contributed by atoms with Gasteiger partial charge in [0, 0.05) is 11.8 Å². The first-order valence-corrected chi connectivity index (χ1v) is 4.47. The highest BCUT2D eigenvalue weighted by Crippen LogP contribution is 2.18. The summed E-state index contributed by atoms with van der Waals surface area (Å²) in [6.45, 7) is 0. The van der Waals surface area contributed by atoms with Crippen LogP contribution in [0.4, 0.5) is 20.5 Å². The zero-order valence-electron chi connectivity index (χ0n) is 8.28. The van der Waals surface area contributed by atoms with Gasteiger partial charge in [0.2, 0.25) is 0 Å². The Balaban J connectivity index is 2.19. The highest BCUT2D eigenvalue weighted by molar-refractivity contribution is 5.85. The third-order valence-electron chi connectivity index (χ3n) is 1.89. The van der Waals surface area contributed by atoms with Crippen LogP contribution in [-0.2, 0) is 0 Å². The van der Waals surface area contributed by atoms with E-state index < -0.39 is 17.6 Å². The van der Waals surface area contributed by atoms with Gasteiger partial charge >= 0.3 is 5.97 Å². The summed E-state index contributed by atoms with van der Waals surface area (Å²) >= 11 is 0. The van der Waals surface area contributed by atoms with Crippen molar-refractivity contribution >= 4 is 17.7 Å². The van der Waals surface area contributed by atoms with Gasteiger partial charge in [-0.25, -0.2) is 13.6 Å². The molecule has 88 valence electrons. The van der Waals surface area contributed by atoms with Crippen molar-refractivity contribution in [2.45, 2.75) is 0 Å². The fraction of sp³-hybridized carbons (Fsp3) is 0. The monoisotopic (exact) mass is 240 g/mol. The van der Waals surface area contributed by atoms with Gasteiger partial charge in [0.15, 0.2) is 17.3 Å². The second-order valence-corrected chi connectivity index (χ2v) is 3.10. The van der Waals surface area contributed by atoms with Gasteiger partial charge in [-0.2, -0.15) is 4.98 Å². The molecule has 0 unspecified atom stereocenters. The molecule has 5 nitrogen and oxygen atoms in total.